The Morgan fingerprint density at radius 3 is 2.71 bits per heavy atom. The van der Waals surface area contributed by atoms with Crippen LogP contribution in [-0.2, 0) is 0 Å². The SMILES string of the molecule is N#Cc1c(F)cccc1-n1c(N)nc2cc(I)c(F)cc21. The molecule has 0 aliphatic heterocycles. The second-order valence-electron chi connectivity index (χ2n) is 4.31. The van der Waals surface area contributed by atoms with Crippen LogP contribution in [0.5, 0.6) is 0 Å². The summed E-state index contributed by atoms with van der Waals surface area (Å²) in [5.74, 6) is -1.03. The lowest BCUT2D eigenvalue weighted by Gasteiger charge is -2.09. The van der Waals surface area contributed by atoms with Crippen molar-refractivity contribution >= 4 is 39.6 Å². The number of fused-ring (bicyclic) bond motifs is 1. The molecule has 0 atom stereocenters. The normalized spacial score (nSPS) is 10.8. The van der Waals surface area contributed by atoms with Gasteiger partial charge in [0.2, 0.25) is 5.95 Å². The highest BCUT2D eigenvalue weighted by Crippen LogP contribution is 2.28. The lowest BCUT2D eigenvalue weighted by atomic mass is 10.1. The van der Waals surface area contributed by atoms with E-state index in [1.807, 2.05) is 22.6 Å². The third kappa shape index (κ3) is 2.12. The van der Waals surface area contributed by atoms with Gasteiger partial charge in [-0.2, -0.15) is 5.26 Å². The number of benzene rings is 2. The van der Waals surface area contributed by atoms with Gasteiger partial charge in [-0.1, -0.05) is 6.07 Å². The topological polar surface area (TPSA) is 67.6 Å². The van der Waals surface area contributed by atoms with E-state index in [0.29, 0.717) is 14.6 Å². The fourth-order valence-corrected chi connectivity index (χ4v) is 2.60. The van der Waals surface area contributed by atoms with Crippen LogP contribution in [0, 0.1) is 26.5 Å². The van der Waals surface area contributed by atoms with Gasteiger partial charge in [-0.25, -0.2) is 13.8 Å². The molecule has 21 heavy (non-hydrogen) atoms. The molecule has 2 aromatic carbocycles. The summed E-state index contributed by atoms with van der Waals surface area (Å²) < 4.78 is 29.3. The molecule has 0 amide bonds. The van der Waals surface area contributed by atoms with Gasteiger partial charge in [0.15, 0.2) is 0 Å². The van der Waals surface area contributed by atoms with Gasteiger partial charge < -0.3 is 5.73 Å². The summed E-state index contributed by atoms with van der Waals surface area (Å²) in [6.45, 7) is 0. The second kappa shape index (κ2) is 4.96. The van der Waals surface area contributed by atoms with Gasteiger partial charge in [0.1, 0.15) is 23.3 Å². The van der Waals surface area contributed by atoms with Crippen LogP contribution < -0.4 is 5.73 Å². The molecule has 0 radical (unpaired) electrons. The molecule has 7 heteroatoms. The first kappa shape index (κ1) is 13.8. The van der Waals surface area contributed by atoms with Gasteiger partial charge in [0.05, 0.1) is 20.3 Å². The first-order valence-corrected chi connectivity index (χ1v) is 6.92. The Bertz CT molecular complexity index is 911. The van der Waals surface area contributed by atoms with E-state index < -0.39 is 11.6 Å². The van der Waals surface area contributed by atoms with Crippen LogP contribution in [0.2, 0.25) is 0 Å². The zero-order chi connectivity index (χ0) is 15.1. The zero-order valence-corrected chi connectivity index (χ0v) is 12.6. The number of hydrogen-bond acceptors (Lipinski definition) is 3. The first-order chi connectivity index (χ1) is 10.0. The van der Waals surface area contributed by atoms with Crippen molar-refractivity contribution in [1.29, 1.82) is 5.26 Å². The lowest BCUT2D eigenvalue weighted by Crippen LogP contribution is -2.04. The number of imidazole rings is 1. The summed E-state index contributed by atoms with van der Waals surface area (Å²) in [5, 5.41) is 9.12. The van der Waals surface area contributed by atoms with Crippen molar-refractivity contribution in [2.75, 3.05) is 5.73 Å². The Morgan fingerprint density at radius 1 is 1.24 bits per heavy atom. The molecular weight excluding hydrogens is 389 g/mol. The predicted octanol–water partition coefficient (Wildman–Crippen LogP) is 3.36. The first-order valence-electron chi connectivity index (χ1n) is 5.85. The maximum absolute atomic E-state index is 13.8. The van der Waals surface area contributed by atoms with Gasteiger partial charge in [-0.05, 0) is 40.8 Å². The summed E-state index contributed by atoms with van der Waals surface area (Å²) in [6.07, 6.45) is 0. The molecule has 4 nitrogen and oxygen atoms in total. The second-order valence-corrected chi connectivity index (χ2v) is 5.47. The van der Waals surface area contributed by atoms with Crippen LogP contribution in [0.1, 0.15) is 5.56 Å². The minimum absolute atomic E-state index is 0.0634. The van der Waals surface area contributed by atoms with E-state index in [9.17, 15) is 8.78 Å². The molecule has 3 aromatic rings. The fourth-order valence-electron chi connectivity index (χ4n) is 2.15. The molecule has 0 saturated heterocycles. The van der Waals surface area contributed by atoms with E-state index in [1.54, 1.807) is 12.1 Å². The Balaban J connectivity index is 2.41. The average Bonchev–Trinajstić information content (AvgIpc) is 2.74. The van der Waals surface area contributed by atoms with Gasteiger partial charge in [-0.15, -0.1) is 0 Å². The highest BCUT2D eigenvalue weighted by molar-refractivity contribution is 14.1. The number of anilines is 1. The number of nitrogen functional groups attached to an aromatic ring is 1. The quantitative estimate of drug-likeness (QED) is 0.642. The van der Waals surface area contributed by atoms with Crippen molar-refractivity contribution in [3.8, 4) is 11.8 Å². The van der Waals surface area contributed by atoms with Crippen molar-refractivity contribution in [3.05, 3.63) is 51.1 Å². The minimum atomic E-state index is -0.665. The van der Waals surface area contributed by atoms with E-state index in [4.69, 9.17) is 11.0 Å². The molecule has 2 N–H and O–H groups in total. The Morgan fingerprint density at radius 2 is 2.00 bits per heavy atom. The van der Waals surface area contributed by atoms with E-state index in [2.05, 4.69) is 4.98 Å². The number of nitriles is 1. The third-order valence-electron chi connectivity index (χ3n) is 3.07. The van der Waals surface area contributed by atoms with Gasteiger partial charge in [0.25, 0.3) is 0 Å². The van der Waals surface area contributed by atoms with Crippen LogP contribution in [0.25, 0.3) is 16.7 Å². The molecular formula is C14H7F2IN4. The minimum Gasteiger partial charge on any atom is -0.369 e. The number of aromatic nitrogens is 2. The smallest absolute Gasteiger partial charge is 0.205 e. The third-order valence-corrected chi connectivity index (χ3v) is 3.89. The summed E-state index contributed by atoms with van der Waals surface area (Å²) >= 11 is 1.85. The van der Waals surface area contributed by atoms with E-state index in [0.717, 1.165) is 0 Å². The van der Waals surface area contributed by atoms with Crippen molar-refractivity contribution in [3.63, 3.8) is 0 Å². The monoisotopic (exact) mass is 396 g/mol. The maximum atomic E-state index is 13.8. The summed E-state index contributed by atoms with van der Waals surface area (Å²) in [4.78, 5) is 4.13. The number of nitrogens with zero attached hydrogens (tertiary/aromatic N) is 3. The number of rotatable bonds is 1. The molecule has 1 aromatic heterocycles. The van der Waals surface area contributed by atoms with Gasteiger partial charge in [-0.3, -0.25) is 4.57 Å². The predicted molar refractivity (Wildman–Crippen MR) is 82.8 cm³/mol. The van der Waals surface area contributed by atoms with Crippen molar-refractivity contribution in [1.82, 2.24) is 9.55 Å². The van der Waals surface area contributed by atoms with Gasteiger partial charge in [0, 0.05) is 6.07 Å². The molecule has 0 fully saturated rings. The Hall–Kier alpha value is -2.21. The molecule has 0 aliphatic carbocycles. The number of nitrogens with two attached hydrogens (primary N) is 1. The molecule has 3 rings (SSSR count). The van der Waals surface area contributed by atoms with Crippen molar-refractivity contribution < 1.29 is 8.78 Å². The molecule has 0 unspecified atom stereocenters. The average molecular weight is 396 g/mol. The van der Waals surface area contributed by atoms with Crippen LogP contribution in [0.15, 0.2) is 30.3 Å². The highest BCUT2D eigenvalue weighted by Gasteiger charge is 2.17. The van der Waals surface area contributed by atoms with E-state index >= 15 is 0 Å². The van der Waals surface area contributed by atoms with E-state index in [-0.39, 0.29) is 17.2 Å². The summed E-state index contributed by atoms with van der Waals surface area (Å²) in [7, 11) is 0. The fraction of sp³-hybridized carbons (Fsp3) is 0. The van der Waals surface area contributed by atoms with Crippen LogP contribution in [-0.4, -0.2) is 9.55 Å². The molecule has 0 spiro atoms. The summed E-state index contributed by atoms with van der Waals surface area (Å²) in [6, 6.07) is 8.79. The van der Waals surface area contributed by atoms with Crippen LogP contribution in [0.4, 0.5) is 14.7 Å². The molecule has 104 valence electrons. The van der Waals surface area contributed by atoms with E-state index in [1.165, 1.54) is 28.8 Å². The Labute approximate surface area is 131 Å². The molecule has 0 saturated carbocycles. The lowest BCUT2D eigenvalue weighted by molar-refractivity contribution is 0.621. The maximum Gasteiger partial charge on any atom is 0.205 e. The van der Waals surface area contributed by atoms with Crippen molar-refractivity contribution in [2.45, 2.75) is 0 Å². The molecule has 0 aliphatic rings. The molecule has 1 heterocycles. The largest absolute Gasteiger partial charge is 0.369 e. The standard InChI is InChI=1S/C14H7F2IN4/c15-8-2-1-3-12(7(8)6-18)21-13-4-9(16)10(17)5-11(13)20-14(21)19/h1-5H,(H2,19,20). The number of hydrogen-bond donors (Lipinski definition) is 1. The molecule has 0 bridgehead atoms. The van der Waals surface area contributed by atoms with Crippen LogP contribution in [0.3, 0.4) is 0 Å². The number of halogens is 3. The van der Waals surface area contributed by atoms with Gasteiger partial charge >= 0.3 is 0 Å². The zero-order valence-electron chi connectivity index (χ0n) is 10.4. The van der Waals surface area contributed by atoms with Crippen LogP contribution >= 0.6 is 22.6 Å². The highest BCUT2D eigenvalue weighted by atomic mass is 127. The van der Waals surface area contributed by atoms with Crippen molar-refractivity contribution in [2.24, 2.45) is 0 Å². The Kier molecular flexibility index (Phi) is 3.25. The summed E-state index contributed by atoms with van der Waals surface area (Å²) in [5.41, 5.74) is 6.78.